The summed E-state index contributed by atoms with van der Waals surface area (Å²) in [5.74, 6) is 0. The minimum atomic E-state index is -0.356. The summed E-state index contributed by atoms with van der Waals surface area (Å²) < 4.78 is 0. The molecule has 0 fully saturated rings. The molecule has 0 radical (unpaired) electrons. The van der Waals surface area contributed by atoms with Crippen LogP contribution in [-0.4, -0.2) is 10.2 Å². The van der Waals surface area contributed by atoms with Crippen LogP contribution in [0.15, 0.2) is 23.1 Å². The molecule has 1 aromatic carbocycles. The van der Waals surface area contributed by atoms with Crippen LogP contribution in [0.5, 0.6) is 0 Å². The van der Waals surface area contributed by atoms with E-state index in [1.807, 2.05) is 26.0 Å². The van der Waals surface area contributed by atoms with Crippen molar-refractivity contribution in [3.8, 4) is 0 Å². The lowest BCUT2D eigenvalue weighted by Gasteiger charge is -2.09. The summed E-state index contributed by atoms with van der Waals surface area (Å²) >= 11 is 7.53. The van der Waals surface area contributed by atoms with Gasteiger partial charge in [0.15, 0.2) is 0 Å². The predicted molar refractivity (Wildman–Crippen MR) is 63.1 cm³/mol. The van der Waals surface area contributed by atoms with Gasteiger partial charge in [-0.1, -0.05) is 31.5 Å². The first kappa shape index (κ1) is 12.3. The Hall–Kier alpha value is -0.740. The van der Waals surface area contributed by atoms with Crippen LogP contribution in [0.3, 0.4) is 0 Å². The number of nitrogens with zero attached hydrogens (tertiary/aromatic N) is 1. The maximum Gasteiger partial charge on any atom is 0.231 e. The van der Waals surface area contributed by atoms with Crippen molar-refractivity contribution in [3.05, 3.63) is 38.9 Å². The van der Waals surface area contributed by atoms with Gasteiger partial charge in [0.25, 0.3) is 0 Å². The largest absolute Gasteiger partial charge is 0.264 e. The van der Waals surface area contributed by atoms with E-state index in [9.17, 15) is 10.1 Å². The molecule has 0 saturated heterocycles. The summed E-state index contributed by atoms with van der Waals surface area (Å²) in [5.41, 5.74) is 0.614. The third-order valence-electron chi connectivity index (χ3n) is 1.73. The molecule has 5 heteroatoms. The molecule has 1 rings (SSSR count). The topological polar surface area (TPSA) is 43.1 Å². The molecule has 0 spiro atoms. The zero-order chi connectivity index (χ0) is 11.4. The molecule has 82 valence electrons. The van der Waals surface area contributed by atoms with Crippen LogP contribution >= 0.6 is 23.4 Å². The highest BCUT2D eigenvalue weighted by Gasteiger charge is 2.13. The van der Waals surface area contributed by atoms with Gasteiger partial charge in [-0.05, 0) is 12.1 Å². The van der Waals surface area contributed by atoms with Gasteiger partial charge in [-0.2, -0.15) is 0 Å². The van der Waals surface area contributed by atoms with E-state index < -0.39 is 0 Å². The molecule has 0 aromatic heterocycles. The van der Waals surface area contributed by atoms with E-state index in [1.54, 1.807) is 17.8 Å². The molecule has 0 N–H and O–H groups in total. The Balaban J connectivity index is 3.02. The van der Waals surface area contributed by atoms with Gasteiger partial charge in [0.1, 0.15) is 0 Å². The Bertz CT molecular complexity index is 368. The minimum Gasteiger partial charge on any atom is -0.264 e. The van der Waals surface area contributed by atoms with Crippen molar-refractivity contribution < 1.29 is 4.92 Å². The van der Waals surface area contributed by atoms with Crippen molar-refractivity contribution in [3.63, 3.8) is 0 Å². The molecule has 0 atom stereocenters. The number of benzene rings is 1. The normalized spacial score (nSPS) is 10.7. The monoisotopic (exact) mass is 245 g/mol. The van der Waals surface area contributed by atoms with Crippen molar-refractivity contribution in [1.82, 2.24) is 0 Å². The minimum absolute atomic E-state index is 0.214. The van der Waals surface area contributed by atoms with Gasteiger partial charge in [0.2, 0.25) is 6.54 Å². The maximum absolute atomic E-state index is 10.5. The molecular weight excluding hydrogens is 234 g/mol. The van der Waals surface area contributed by atoms with Crippen LogP contribution in [-0.2, 0) is 6.54 Å². The fourth-order valence-electron chi connectivity index (χ4n) is 1.19. The Morgan fingerprint density at radius 3 is 2.73 bits per heavy atom. The van der Waals surface area contributed by atoms with Gasteiger partial charge in [-0.15, -0.1) is 11.8 Å². The van der Waals surface area contributed by atoms with Gasteiger partial charge in [0, 0.05) is 15.1 Å². The van der Waals surface area contributed by atoms with Gasteiger partial charge < -0.3 is 0 Å². The third-order valence-corrected chi connectivity index (χ3v) is 3.19. The van der Waals surface area contributed by atoms with Crippen molar-refractivity contribution in [2.24, 2.45) is 0 Å². The number of halogens is 1. The Labute approximate surface area is 98.0 Å². The molecule has 0 saturated carbocycles. The highest BCUT2D eigenvalue weighted by Crippen LogP contribution is 2.31. The smallest absolute Gasteiger partial charge is 0.231 e. The van der Waals surface area contributed by atoms with Gasteiger partial charge in [0.05, 0.1) is 10.6 Å². The molecular formula is C10H12ClNO2S. The zero-order valence-electron chi connectivity index (χ0n) is 8.57. The fourth-order valence-corrected chi connectivity index (χ4v) is 2.46. The molecule has 0 amide bonds. The van der Waals surface area contributed by atoms with Gasteiger partial charge in [-0.25, -0.2) is 0 Å². The molecule has 3 nitrogen and oxygen atoms in total. The first-order valence-corrected chi connectivity index (χ1v) is 5.82. The highest BCUT2D eigenvalue weighted by atomic mass is 35.5. The Morgan fingerprint density at radius 1 is 1.53 bits per heavy atom. The third kappa shape index (κ3) is 3.72. The Morgan fingerprint density at radius 2 is 2.20 bits per heavy atom. The fraction of sp³-hybridized carbons (Fsp3) is 0.400. The quantitative estimate of drug-likeness (QED) is 0.462. The summed E-state index contributed by atoms with van der Waals surface area (Å²) in [6.45, 7) is 3.87. The number of hydrogen-bond acceptors (Lipinski definition) is 3. The van der Waals surface area contributed by atoms with E-state index in [-0.39, 0.29) is 11.5 Å². The molecule has 0 unspecified atom stereocenters. The van der Waals surface area contributed by atoms with Crippen LogP contribution < -0.4 is 0 Å². The average Bonchev–Trinajstić information content (AvgIpc) is 2.09. The summed E-state index contributed by atoms with van der Waals surface area (Å²) in [6, 6.07) is 5.37. The molecule has 15 heavy (non-hydrogen) atoms. The standard InChI is InChI=1S/C10H12ClNO2S/c1-7(2)15-10-5-3-4-9(11)8(10)6-12(13)14/h3-5,7H,6H2,1-2H3. The molecule has 0 heterocycles. The van der Waals surface area contributed by atoms with Crippen LogP contribution in [0.4, 0.5) is 0 Å². The SMILES string of the molecule is CC(C)Sc1cccc(Cl)c1C[N+](=O)[O-]. The zero-order valence-corrected chi connectivity index (χ0v) is 10.1. The second kappa shape index (κ2) is 5.37. The molecule has 0 aliphatic carbocycles. The summed E-state index contributed by atoms with van der Waals surface area (Å²) in [7, 11) is 0. The van der Waals surface area contributed by atoms with E-state index in [0.717, 1.165) is 4.90 Å². The van der Waals surface area contributed by atoms with Crippen LogP contribution in [0.1, 0.15) is 19.4 Å². The average molecular weight is 246 g/mol. The summed E-state index contributed by atoms with van der Waals surface area (Å²) in [6.07, 6.45) is 0. The molecule has 0 bridgehead atoms. The first-order chi connectivity index (χ1) is 7.00. The number of hydrogen-bond donors (Lipinski definition) is 0. The van der Waals surface area contributed by atoms with E-state index in [4.69, 9.17) is 11.6 Å². The van der Waals surface area contributed by atoms with Crippen molar-refractivity contribution in [2.45, 2.75) is 30.5 Å². The lowest BCUT2D eigenvalue weighted by molar-refractivity contribution is -0.497. The second-order valence-electron chi connectivity index (χ2n) is 3.37. The van der Waals surface area contributed by atoms with Crippen molar-refractivity contribution in [2.75, 3.05) is 0 Å². The lowest BCUT2D eigenvalue weighted by Crippen LogP contribution is -2.01. The van der Waals surface area contributed by atoms with Crippen LogP contribution in [0.25, 0.3) is 0 Å². The second-order valence-corrected chi connectivity index (χ2v) is 5.40. The number of nitro groups is 1. The van der Waals surface area contributed by atoms with Gasteiger partial charge >= 0.3 is 0 Å². The lowest BCUT2D eigenvalue weighted by atomic mass is 10.2. The van der Waals surface area contributed by atoms with E-state index >= 15 is 0 Å². The van der Waals surface area contributed by atoms with E-state index in [2.05, 4.69) is 0 Å². The highest BCUT2D eigenvalue weighted by molar-refractivity contribution is 8.00. The maximum atomic E-state index is 10.5. The van der Waals surface area contributed by atoms with Crippen molar-refractivity contribution >= 4 is 23.4 Å². The number of rotatable bonds is 4. The van der Waals surface area contributed by atoms with Crippen LogP contribution in [0.2, 0.25) is 5.02 Å². The van der Waals surface area contributed by atoms with Gasteiger partial charge in [-0.3, -0.25) is 10.1 Å². The van der Waals surface area contributed by atoms with Crippen molar-refractivity contribution in [1.29, 1.82) is 0 Å². The van der Waals surface area contributed by atoms with E-state index in [1.165, 1.54) is 0 Å². The number of thioether (sulfide) groups is 1. The van der Waals surface area contributed by atoms with Crippen LogP contribution in [0, 0.1) is 10.1 Å². The predicted octanol–water partition coefficient (Wildman–Crippen LogP) is 3.62. The summed E-state index contributed by atoms with van der Waals surface area (Å²) in [4.78, 5) is 11.0. The first-order valence-electron chi connectivity index (χ1n) is 4.56. The molecule has 1 aromatic rings. The summed E-state index contributed by atoms with van der Waals surface area (Å²) in [5, 5.41) is 11.3. The molecule has 0 aliphatic rings. The molecule has 0 aliphatic heterocycles. The Kier molecular flexibility index (Phi) is 4.42. The van der Waals surface area contributed by atoms with E-state index in [0.29, 0.717) is 15.8 Å².